The molecule has 1 aliphatic heterocycles. The summed E-state index contributed by atoms with van der Waals surface area (Å²) in [5.74, 6) is 1.12. The van der Waals surface area contributed by atoms with E-state index in [1.54, 1.807) is 29.1 Å². The number of nitrogens with zero attached hydrogens (tertiary/aromatic N) is 2. The molecule has 0 bridgehead atoms. The molecule has 0 atom stereocenters. The lowest BCUT2D eigenvalue weighted by Gasteiger charge is -2.19. The highest BCUT2D eigenvalue weighted by Crippen LogP contribution is 2.34. The first kappa shape index (κ1) is 18.4. The van der Waals surface area contributed by atoms with Crippen molar-refractivity contribution in [3.63, 3.8) is 0 Å². The predicted octanol–water partition coefficient (Wildman–Crippen LogP) is 3.70. The zero-order valence-corrected chi connectivity index (χ0v) is 16.4. The molecule has 0 radical (unpaired) electrons. The molecule has 0 amide bonds. The van der Waals surface area contributed by atoms with Gasteiger partial charge in [-0.1, -0.05) is 30.3 Å². The zero-order valence-electron chi connectivity index (χ0n) is 15.6. The molecule has 0 spiro atoms. The van der Waals surface area contributed by atoms with Crippen molar-refractivity contribution in [3.8, 4) is 22.8 Å². The number of ether oxygens (including phenoxy) is 2. The van der Waals surface area contributed by atoms with E-state index in [1.165, 1.54) is 0 Å². The fraction of sp³-hybridized carbons (Fsp3) is 0.250. The Hall–Kier alpha value is -3.00. The molecular formula is C20H21N3O4S. The molecule has 4 rings (SSSR count). The molecule has 2 heterocycles. The molecule has 8 heteroatoms. The molecule has 2 aromatic carbocycles. The van der Waals surface area contributed by atoms with Crippen molar-refractivity contribution in [3.05, 3.63) is 54.7 Å². The van der Waals surface area contributed by atoms with E-state index in [4.69, 9.17) is 9.47 Å². The first-order valence-corrected chi connectivity index (χ1v) is 10.5. The van der Waals surface area contributed by atoms with Crippen LogP contribution in [0.2, 0.25) is 0 Å². The topological polar surface area (TPSA) is 82.5 Å². The highest BCUT2D eigenvalue weighted by atomic mass is 32.2. The number of sulfonamides is 1. The Labute approximate surface area is 164 Å². The summed E-state index contributed by atoms with van der Waals surface area (Å²) in [7, 11) is -3.86. The zero-order chi connectivity index (χ0) is 19.7. The average Bonchev–Trinajstić information content (AvgIpc) is 3.15. The normalized spacial score (nSPS) is 13.5. The number of benzene rings is 2. The largest absolute Gasteiger partial charge is 0.486 e. The molecule has 0 saturated carbocycles. The first-order valence-electron chi connectivity index (χ1n) is 9.01. The van der Waals surface area contributed by atoms with Crippen LogP contribution in [0.1, 0.15) is 19.9 Å². The Bertz CT molecular complexity index is 1090. The quantitative estimate of drug-likeness (QED) is 0.707. The van der Waals surface area contributed by atoms with E-state index < -0.39 is 10.0 Å². The van der Waals surface area contributed by atoms with Gasteiger partial charge in [0.1, 0.15) is 23.8 Å². The van der Waals surface area contributed by atoms with Gasteiger partial charge in [0, 0.05) is 23.9 Å². The molecule has 1 aromatic heterocycles. The molecule has 1 aliphatic rings. The summed E-state index contributed by atoms with van der Waals surface area (Å²) in [6.45, 7) is 4.81. The number of nitrogens with one attached hydrogen (secondary N) is 1. The van der Waals surface area contributed by atoms with E-state index in [2.05, 4.69) is 9.82 Å². The maximum absolute atomic E-state index is 13.2. The van der Waals surface area contributed by atoms with Crippen LogP contribution in [-0.2, 0) is 10.0 Å². The number of aromatic nitrogens is 2. The minimum Gasteiger partial charge on any atom is -0.486 e. The second kappa shape index (κ2) is 7.20. The van der Waals surface area contributed by atoms with Crippen LogP contribution in [0.25, 0.3) is 11.3 Å². The second-order valence-electron chi connectivity index (χ2n) is 6.75. The van der Waals surface area contributed by atoms with Gasteiger partial charge in [-0.15, -0.1) is 0 Å². The average molecular weight is 399 g/mol. The van der Waals surface area contributed by atoms with Gasteiger partial charge in [-0.25, -0.2) is 8.42 Å². The Balaban J connectivity index is 1.73. The van der Waals surface area contributed by atoms with Crippen LogP contribution < -0.4 is 14.2 Å². The fourth-order valence-electron chi connectivity index (χ4n) is 2.95. The van der Waals surface area contributed by atoms with E-state index in [-0.39, 0.29) is 10.9 Å². The van der Waals surface area contributed by atoms with Gasteiger partial charge in [0.15, 0.2) is 11.5 Å². The van der Waals surface area contributed by atoms with Gasteiger partial charge in [-0.05, 0) is 26.0 Å². The maximum Gasteiger partial charge on any atom is 0.265 e. The van der Waals surface area contributed by atoms with Crippen LogP contribution in [-0.4, -0.2) is 31.4 Å². The summed E-state index contributed by atoms with van der Waals surface area (Å²) in [5.41, 5.74) is 1.56. The third-order valence-electron chi connectivity index (χ3n) is 4.36. The molecule has 3 aromatic rings. The monoisotopic (exact) mass is 399 g/mol. The van der Waals surface area contributed by atoms with Crippen molar-refractivity contribution in [2.45, 2.75) is 24.8 Å². The van der Waals surface area contributed by atoms with Gasteiger partial charge in [-0.3, -0.25) is 9.40 Å². The summed E-state index contributed by atoms with van der Waals surface area (Å²) in [5, 5.41) is 4.51. The third kappa shape index (κ3) is 3.55. The summed E-state index contributed by atoms with van der Waals surface area (Å²) in [6, 6.07) is 14.3. The molecule has 0 unspecified atom stereocenters. The summed E-state index contributed by atoms with van der Waals surface area (Å²) >= 11 is 0. The minimum absolute atomic E-state index is 0.0284. The lowest BCUT2D eigenvalue weighted by Crippen LogP contribution is -2.17. The summed E-state index contributed by atoms with van der Waals surface area (Å²) in [6.07, 6.45) is 1.56. The lowest BCUT2D eigenvalue weighted by atomic mass is 10.2. The molecule has 0 aliphatic carbocycles. The van der Waals surface area contributed by atoms with Crippen LogP contribution in [0, 0.1) is 0 Å². The van der Waals surface area contributed by atoms with Crippen molar-refractivity contribution >= 4 is 15.7 Å². The van der Waals surface area contributed by atoms with E-state index in [0.29, 0.717) is 36.1 Å². The summed E-state index contributed by atoms with van der Waals surface area (Å²) in [4.78, 5) is 0.127. The molecular weight excluding hydrogens is 378 g/mol. The standard InChI is InChI=1S/C20H21N3O4S/c1-14(2)23-13-19(20(21-23)15-6-4-3-5-7-15)28(24,25)22-16-8-9-17-18(12-16)27-11-10-26-17/h3-9,12-14,22H,10-11H2,1-2H3. The smallest absolute Gasteiger partial charge is 0.265 e. The highest BCUT2D eigenvalue weighted by molar-refractivity contribution is 7.92. The molecule has 7 nitrogen and oxygen atoms in total. The Morgan fingerprint density at radius 2 is 1.75 bits per heavy atom. The molecule has 28 heavy (non-hydrogen) atoms. The van der Waals surface area contributed by atoms with Crippen LogP contribution in [0.4, 0.5) is 5.69 Å². The van der Waals surface area contributed by atoms with Crippen LogP contribution in [0.15, 0.2) is 59.6 Å². The van der Waals surface area contributed by atoms with E-state index in [1.807, 2.05) is 44.2 Å². The predicted molar refractivity (Wildman–Crippen MR) is 106 cm³/mol. The SMILES string of the molecule is CC(C)n1cc(S(=O)(=O)Nc2ccc3c(c2)OCCO3)c(-c2ccccc2)n1. The lowest BCUT2D eigenvalue weighted by molar-refractivity contribution is 0.171. The van der Waals surface area contributed by atoms with Gasteiger partial charge >= 0.3 is 0 Å². The Kier molecular flexibility index (Phi) is 4.72. The van der Waals surface area contributed by atoms with Crippen molar-refractivity contribution in [1.29, 1.82) is 0 Å². The Morgan fingerprint density at radius 1 is 1.04 bits per heavy atom. The van der Waals surface area contributed by atoms with Gasteiger partial charge in [0.25, 0.3) is 10.0 Å². The van der Waals surface area contributed by atoms with Crippen LogP contribution in [0.5, 0.6) is 11.5 Å². The van der Waals surface area contributed by atoms with E-state index in [9.17, 15) is 8.42 Å². The molecule has 0 fully saturated rings. The summed E-state index contributed by atoms with van der Waals surface area (Å²) < 4.78 is 41.6. The molecule has 1 N–H and O–H groups in total. The fourth-order valence-corrected chi connectivity index (χ4v) is 4.16. The van der Waals surface area contributed by atoms with Gasteiger partial charge < -0.3 is 9.47 Å². The van der Waals surface area contributed by atoms with Crippen molar-refractivity contribution in [2.24, 2.45) is 0 Å². The van der Waals surface area contributed by atoms with Crippen molar-refractivity contribution in [2.75, 3.05) is 17.9 Å². The van der Waals surface area contributed by atoms with E-state index >= 15 is 0 Å². The van der Waals surface area contributed by atoms with Crippen LogP contribution in [0.3, 0.4) is 0 Å². The second-order valence-corrected chi connectivity index (χ2v) is 8.40. The minimum atomic E-state index is -3.86. The van der Waals surface area contributed by atoms with Crippen molar-refractivity contribution < 1.29 is 17.9 Å². The number of hydrogen-bond donors (Lipinski definition) is 1. The van der Waals surface area contributed by atoms with Gasteiger partial charge in [-0.2, -0.15) is 5.10 Å². The van der Waals surface area contributed by atoms with Crippen LogP contribution >= 0.6 is 0 Å². The molecule has 0 saturated heterocycles. The third-order valence-corrected chi connectivity index (χ3v) is 5.74. The van der Waals surface area contributed by atoms with E-state index in [0.717, 1.165) is 5.56 Å². The van der Waals surface area contributed by atoms with Gasteiger partial charge in [0.05, 0.1) is 5.69 Å². The number of hydrogen-bond acceptors (Lipinski definition) is 5. The number of anilines is 1. The first-order chi connectivity index (χ1) is 13.4. The number of rotatable bonds is 5. The molecule has 146 valence electrons. The highest BCUT2D eigenvalue weighted by Gasteiger charge is 2.25. The van der Waals surface area contributed by atoms with Gasteiger partial charge in [0.2, 0.25) is 0 Å². The van der Waals surface area contributed by atoms with Crippen molar-refractivity contribution in [1.82, 2.24) is 9.78 Å². The Morgan fingerprint density at radius 3 is 2.46 bits per heavy atom. The number of fused-ring (bicyclic) bond motifs is 1. The maximum atomic E-state index is 13.2.